The number of hydrogen-bond acceptors (Lipinski definition) is 5. The summed E-state index contributed by atoms with van der Waals surface area (Å²) >= 11 is 1.52. The number of hydrogen-bond donors (Lipinski definition) is 0. The van der Waals surface area contributed by atoms with Gasteiger partial charge in [-0.25, -0.2) is 9.67 Å². The van der Waals surface area contributed by atoms with E-state index in [1.807, 2.05) is 66.7 Å². The van der Waals surface area contributed by atoms with E-state index in [2.05, 4.69) is 15.2 Å². The summed E-state index contributed by atoms with van der Waals surface area (Å²) in [6.45, 7) is 0. The fourth-order valence-corrected chi connectivity index (χ4v) is 2.96. The Kier molecular flexibility index (Phi) is 4.12. The van der Waals surface area contributed by atoms with E-state index in [0.717, 1.165) is 22.7 Å². The highest BCUT2D eigenvalue weighted by atomic mass is 32.2. The van der Waals surface area contributed by atoms with E-state index in [9.17, 15) is 0 Å². The molecule has 0 saturated carbocycles. The van der Waals surface area contributed by atoms with E-state index >= 15 is 0 Å². The van der Waals surface area contributed by atoms with Crippen LogP contribution in [0.25, 0.3) is 16.9 Å². The van der Waals surface area contributed by atoms with Crippen LogP contribution in [0, 0.1) is 0 Å². The molecule has 0 aliphatic rings. The molecule has 0 spiro atoms. The lowest BCUT2D eigenvalue weighted by atomic mass is 10.1. The first kappa shape index (κ1) is 14.7. The maximum atomic E-state index is 5.40. The minimum absolute atomic E-state index is 0.638. The zero-order valence-electron chi connectivity index (χ0n) is 12.7. The van der Waals surface area contributed by atoms with Crippen LogP contribution < -0.4 is 0 Å². The van der Waals surface area contributed by atoms with Crippen LogP contribution >= 0.6 is 11.8 Å². The minimum Gasteiger partial charge on any atom is -0.360 e. The van der Waals surface area contributed by atoms with Crippen molar-refractivity contribution in [2.45, 2.75) is 10.9 Å². The predicted molar refractivity (Wildman–Crippen MR) is 92.9 cm³/mol. The zero-order chi connectivity index (χ0) is 16.2. The van der Waals surface area contributed by atoms with Crippen LogP contribution in [0.2, 0.25) is 0 Å². The van der Waals surface area contributed by atoms with Crippen LogP contribution in [0.15, 0.2) is 82.7 Å². The van der Waals surface area contributed by atoms with Gasteiger partial charge in [0.1, 0.15) is 17.8 Å². The van der Waals surface area contributed by atoms with E-state index in [1.165, 1.54) is 11.8 Å². The number of para-hydroxylation sites is 1. The normalized spacial score (nSPS) is 10.8. The van der Waals surface area contributed by atoms with Gasteiger partial charge in [0.15, 0.2) is 0 Å². The summed E-state index contributed by atoms with van der Waals surface area (Å²) in [5.41, 5.74) is 2.88. The van der Waals surface area contributed by atoms with Crippen molar-refractivity contribution in [3.8, 4) is 16.9 Å². The molecule has 0 amide bonds. The Labute approximate surface area is 143 Å². The third-order valence-electron chi connectivity index (χ3n) is 3.46. The summed E-state index contributed by atoms with van der Waals surface area (Å²) in [7, 11) is 0. The average molecular weight is 334 g/mol. The molecule has 4 aromatic rings. The van der Waals surface area contributed by atoms with Crippen molar-refractivity contribution < 1.29 is 4.52 Å². The third-order valence-corrected chi connectivity index (χ3v) is 4.34. The number of aromatic nitrogens is 4. The minimum atomic E-state index is 0.638. The first-order chi connectivity index (χ1) is 11.9. The van der Waals surface area contributed by atoms with Crippen LogP contribution in [0.4, 0.5) is 0 Å². The molecule has 118 valence electrons. The van der Waals surface area contributed by atoms with Gasteiger partial charge < -0.3 is 4.52 Å². The molecule has 4 rings (SSSR count). The molecule has 5 nitrogen and oxygen atoms in total. The molecule has 2 heterocycles. The lowest BCUT2D eigenvalue weighted by Gasteiger charge is -1.97. The molecule has 0 bridgehead atoms. The third kappa shape index (κ3) is 3.23. The maximum absolute atomic E-state index is 5.40. The van der Waals surface area contributed by atoms with Crippen molar-refractivity contribution in [3.63, 3.8) is 0 Å². The van der Waals surface area contributed by atoms with E-state index in [1.54, 1.807) is 11.0 Å². The van der Waals surface area contributed by atoms with Gasteiger partial charge in [0.2, 0.25) is 5.16 Å². The first-order valence-electron chi connectivity index (χ1n) is 7.49. The number of benzene rings is 2. The lowest BCUT2D eigenvalue weighted by Crippen LogP contribution is -1.93. The highest BCUT2D eigenvalue weighted by Crippen LogP contribution is 2.24. The van der Waals surface area contributed by atoms with Crippen molar-refractivity contribution in [2.75, 3.05) is 0 Å². The van der Waals surface area contributed by atoms with E-state index in [4.69, 9.17) is 4.52 Å². The summed E-state index contributed by atoms with van der Waals surface area (Å²) < 4.78 is 7.16. The quantitative estimate of drug-likeness (QED) is 0.512. The molecule has 0 N–H and O–H groups in total. The van der Waals surface area contributed by atoms with Crippen molar-refractivity contribution in [3.05, 3.63) is 78.8 Å². The van der Waals surface area contributed by atoms with Gasteiger partial charge in [-0.05, 0) is 12.1 Å². The van der Waals surface area contributed by atoms with Crippen LogP contribution in [-0.2, 0) is 5.75 Å². The first-order valence-corrected chi connectivity index (χ1v) is 8.48. The van der Waals surface area contributed by atoms with Crippen LogP contribution in [-0.4, -0.2) is 19.9 Å². The van der Waals surface area contributed by atoms with Crippen molar-refractivity contribution in [1.82, 2.24) is 19.9 Å². The van der Waals surface area contributed by atoms with Gasteiger partial charge in [0, 0.05) is 11.6 Å². The Morgan fingerprint density at radius 1 is 0.958 bits per heavy atom. The van der Waals surface area contributed by atoms with E-state index in [0.29, 0.717) is 10.9 Å². The Morgan fingerprint density at radius 3 is 2.50 bits per heavy atom. The predicted octanol–water partition coefficient (Wildman–Crippen LogP) is 4.21. The van der Waals surface area contributed by atoms with Crippen LogP contribution in [0.3, 0.4) is 0 Å². The van der Waals surface area contributed by atoms with Gasteiger partial charge in [-0.1, -0.05) is 65.4 Å². The zero-order valence-corrected chi connectivity index (χ0v) is 13.6. The van der Waals surface area contributed by atoms with Crippen molar-refractivity contribution in [2.24, 2.45) is 0 Å². The highest BCUT2D eigenvalue weighted by molar-refractivity contribution is 7.98. The van der Waals surface area contributed by atoms with Gasteiger partial charge in [-0.3, -0.25) is 0 Å². The smallest absolute Gasteiger partial charge is 0.209 e. The maximum Gasteiger partial charge on any atom is 0.209 e. The number of rotatable bonds is 5. The van der Waals surface area contributed by atoms with Gasteiger partial charge in [0.25, 0.3) is 0 Å². The lowest BCUT2D eigenvalue weighted by molar-refractivity contribution is 0.397. The highest BCUT2D eigenvalue weighted by Gasteiger charge is 2.09. The molecular formula is C18H14N4OS. The molecule has 0 atom stereocenters. The molecule has 0 radical (unpaired) electrons. The molecule has 2 aromatic heterocycles. The average Bonchev–Trinajstić information content (AvgIpc) is 3.31. The second-order valence-electron chi connectivity index (χ2n) is 5.14. The largest absolute Gasteiger partial charge is 0.360 e. The Morgan fingerprint density at radius 2 is 1.71 bits per heavy atom. The van der Waals surface area contributed by atoms with E-state index in [-0.39, 0.29) is 0 Å². The Balaban J connectivity index is 1.43. The van der Waals surface area contributed by atoms with Gasteiger partial charge in [0.05, 0.1) is 11.4 Å². The summed E-state index contributed by atoms with van der Waals surface area (Å²) in [5.74, 6) is 1.44. The second-order valence-corrected chi connectivity index (χ2v) is 6.08. The van der Waals surface area contributed by atoms with Gasteiger partial charge in [-0.2, -0.15) is 0 Å². The molecule has 6 heteroatoms. The van der Waals surface area contributed by atoms with E-state index < -0.39 is 0 Å². The molecular weight excluding hydrogens is 320 g/mol. The molecule has 24 heavy (non-hydrogen) atoms. The van der Waals surface area contributed by atoms with Crippen LogP contribution in [0.1, 0.15) is 5.76 Å². The topological polar surface area (TPSA) is 56.7 Å². The van der Waals surface area contributed by atoms with Gasteiger partial charge in [-0.15, -0.1) is 5.10 Å². The molecule has 0 aliphatic carbocycles. The fraction of sp³-hybridized carbons (Fsp3) is 0.0556. The number of nitrogens with zero attached hydrogens (tertiary/aromatic N) is 4. The van der Waals surface area contributed by atoms with Gasteiger partial charge >= 0.3 is 0 Å². The Hall–Kier alpha value is -2.86. The summed E-state index contributed by atoms with van der Waals surface area (Å²) in [4.78, 5) is 4.33. The molecule has 0 unspecified atom stereocenters. The fourth-order valence-electron chi connectivity index (χ4n) is 2.28. The SMILES string of the molecule is c1ccc(-c2cc(CSc3ncn(-c4ccccc4)n3)on2)cc1. The van der Waals surface area contributed by atoms with Crippen molar-refractivity contribution in [1.29, 1.82) is 0 Å². The molecule has 0 aliphatic heterocycles. The Bertz CT molecular complexity index is 841. The molecule has 0 saturated heterocycles. The number of thioether (sulfide) groups is 1. The molecule has 0 fully saturated rings. The second kappa shape index (κ2) is 6.72. The molecule has 2 aromatic carbocycles. The summed E-state index contributed by atoms with van der Waals surface area (Å²) in [6.07, 6.45) is 1.72. The summed E-state index contributed by atoms with van der Waals surface area (Å²) in [6, 6.07) is 21.8. The van der Waals surface area contributed by atoms with Crippen LogP contribution in [0.5, 0.6) is 0 Å². The van der Waals surface area contributed by atoms with Crippen molar-refractivity contribution >= 4 is 11.8 Å². The monoisotopic (exact) mass is 334 g/mol. The summed E-state index contributed by atoms with van der Waals surface area (Å²) in [5, 5.41) is 9.29. The standard InChI is InChI=1S/C18H14N4OS/c1-3-7-14(8-4-1)17-11-16(23-21-17)12-24-18-19-13-22(20-18)15-9-5-2-6-10-15/h1-11,13H,12H2.